The van der Waals surface area contributed by atoms with Gasteiger partial charge in [0.25, 0.3) is 11.1 Å². The number of hydrogen-bond acceptors (Lipinski definition) is 5. The lowest BCUT2D eigenvalue weighted by Gasteiger charge is -2.09. The molecular formula is C38H30ClFN4O4. The first kappa shape index (κ1) is 33.4. The summed E-state index contributed by atoms with van der Waals surface area (Å²) in [5.41, 5.74) is 4.71. The normalized spacial score (nSPS) is 10.5. The average Bonchev–Trinajstić information content (AvgIpc) is 3.64. The summed E-state index contributed by atoms with van der Waals surface area (Å²) in [6.45, 7) is 0.755. The van der Waals surface area contributed by atoms with Crippen molar-refractivity contribution in [2.45, 2.75) is 19.5 Å². The first-order valence-electron chi connectivity index (χ1n) is 14.9. The maximum atomic E-state index is 12.9. The van der Waals surface area contributed by atoms with Crippen molar-refractivity contribution in [2.75, 3.05) is 7.05 Å². The van der Waals surface area contributed by atoms with E-state index in [1.54, 1.807) is 54.2 Å². The predicted octanol–water partition coefficient (Wildman–Crippen LogP) is 6.67. The molecule has 0 saturated heterocycles. The van der Waals surface area contributed by atoms with Gasteiger partial charge in [-0.2, -0.15) is 5.26 Å². The highest BCUT2D eigenvalue weighted by Crippen LogP contribution is 2.22. The molecule has 1 N–H and O–H groups in total. The second-order valence-corrected chi connectivity index (χ2v) is 11.2. The van der Waals surface area contributed by atoms with Gasteiger partial charge in [0.15, 0.2) is 0 Å². The number of carbonyl (C=O) groups excluding carboxylic acids is 1. The van der Waals surface area contributed by atoms with Gasteiger partial charge in [0.1, 0.15) is 23.2 Å². The van der Waals surface area contributed by atoms with Gasteiger partial charge < -0.3 is 18.9 Å². The Bertz CT molecular complexity index is 2170. The third-order valence-electron chi connectivity index (χ3n) is 7.51. The third-order valence-corrected chi connectivity index (χ3v) is 7.76. The number of benzene rings is 3. The van der Waals surface area contributed by atoms with E-state index in [0.29, 0.717) is 29.3 Å². The molecule has 0 saturated carbocycles. The van der Waals surface area contributed by atoms with Gasteiger partial charge in [-0.15, -0.1) is 0 Å². The number of nitriles is 1. The Morgan fingerprint density at radius 1 is 0.833 bits per heavy atom. The fourth-order valence-corrected chi connectivity index (χ4v) is 5.06. The molecule has 240 valence electrons. The predicted molar refractivity (Wildman–Crippen MR) is 183 cm³/mol. The third kappa shape index (κ3) is 8.43. The summed E-state index contributed by atoms with van der Waals surface area (Å²) in [6, 6.07) is 31.5. The molecule has 0 aliphatic carbocycles. The maximum absolute atomic E-state index is 12.9. The molecule has 10 heteroatoms. The van der Waals surface area contributed by atoms with Crippen molar-refractivity contribution < 1.29 is 13.6 Å². The van der Waals surface area contributed by atoms with Crippen LogP contribution in [0.1, 0.15) is 22.3 Å². The van der Waals surface area contributed by atoms with Gasteiger partial charge in [0.05, 0.1) is 25.8 Å². The van der Waals surface area contributed by atoms with Crippen molar-refractivity contribution in [3.8, 4) is 28.5 Å². The second-order valence-electron chi connectivity index (χ2n) is 10.8. The SMILES string of the molecule is CNC(=O)Cc1ccc(-c2ccc(=O)n(Cc3ccc(Cl)cc3)c2)cc1.N#Cc1c(-c2ccco2)ccn(Cc2ccc(F)cc2)c1=O. The van der Waals surface area contributed by atoms with Gasteiger partial charge >= 0.3 is 0 Å². The molecule has 0 atom stereocenters. The van der Waals surface area contributed by atoms with Crippen LogP contribution in [-0.4, -0.2) is 22.1 Å². The maximum Gasteiger partial charge on any atom is 0.269 e. The minimum Gasteiger partial charge on any atom is -0.464 e. The molecule has 1 amide bonds. The first-order valence-corrected chi connectivity index (χ1v) is 15.3. The fraction of sp³-hybridized carbons (Fsp3) is 0.105. The molecule has 0 radical (unpaired) electrons. The van der Waals surface area contributed by atoms with Crippen LogP contribution in [0.5, 0.6) is 0 Å². The molecule has 0 unspecified atom stereocenters. The Labute approximate surface area is 280 Å². The number of aromatic nitrogens is 2. The van der Waals surface area contributed by atoms with E-state index in [1.807, 2.05) is 66.9 Å². The van der Waals surface area contributed by atoms with Crippen LogP contribution in [0.4, 0.5) is 4.39 Å². The van der Waals surface area contributed by atoms with Crippen molar-refractivity contribution in [1.82, 2.24) is 14.5 Å². The molecule has 0 bridgehead atoms. The van der Waals surface area contributed by atoms with Crippen molar-refractivity contribution in [3.63, 3.8) is 0 Å². The number of likely N-dealkylation sites (N-methyl/N-ethyl adjacent to an activating group) is 1. The highest BCUT2D eigenvalue weighted by molar-refractivity contribution is 6.30. The lowest BCUT2D eigenvalue weighted by Crippen LogP contribution is -2.23. The number of halogens is 2. The molecule has 0 aliphatic heterocycles. The molecule has 3 aromatic heterocycles. The van der Waals surface area contributed by atoms with Crippen LogP contribution in [0.25, 0.3) is 22.5 Å². The molecule has 8 nitrogen and oxygen atoms in total. The number of nitrogens with zero attached hydrogens (tertiary/aromatic N) is 3. The summed E-state index contributed by atoms with van der Waals surface area (Å²) in [5, 5.41) is 12.6. The second kappa shape index (κ2) is 15.5. The van der Waals surface area contributed by atoms with E-state index >= 15 is 0 Å². The largest absolute Gasteiger partial charge is 0.464 e. The highest BCUT2D eigenvalue weighted by Gasteiger charge is 2.14. The summed E-state index contributed by atoms with van der Waals surface area (Å²) in [7, 11) is 1.63. The van der Waals surface area contributed by atoms with Crippen LogP contribution in [0.3, 0.4) is 0 Å². The summed E-state index contributed by atoms with van der Waals surface area (Å²) in [6.07, 6.45) is 5.29. The molecule has 3 aromatic carbocycles. The van der Waals surface area contributed by atoms with E-state index in [4.69, 9.17) is 16.0 Å². The molecule has 6 rings (SSSR count). The van der Waals surface area contributed by atoms with E-state index in [-0.39, 0.29) is 29.4 Å². The molecule has 0 fully saturated rings. The number of pyridine rings is 2. The van der Waals surface area contributed by atoms with Gasteiger partial charge in [-0.25, -0.2) is 4.39 Å². The number of furan rings is 1. The zero-order valence-electron chi connectivity index (χ0n) is 25.9. The number of hydrogen-bond donors (Lipinski definition) is 1. The Balaban J connectivity index is 0.000000190. The molecule has 48 heavy (non-hydrogen) atoms. The van der Waals surface area contributed by atoms with Crippen LogP contribution in [0.15, 0.2) is 136 Å². The molecular weight excluding hydrogens is 631 g/mol. The molecule has 0 aliphatic rings. The van der Waals surface area contributed by atoms with Gasteiger partial charge in [0.2, 0.25) is 5.91 Å². The summed E-state index contributed by atoms with van der Waals surface area (Å²) >= 11 is 5.91. The number of nitrogens with one attached hydrogen (secondary N) is 1. The quantitative estimate of drug-likeness (QED) is 0.196. The Kier molecular flexibility index (Phi) is 10.8. The van der Waals surface area contributed by atoms with Gasteiger partial charge in [-0.05, 0) is 76.3 Å². The van der Waals surface area contributed by atoms with Crippen molar-refractivity contribution in [3.05, 3.63) is 176 Å². The van der Waals surface area contributed by atoms with Crippen molar-refractivity contribution >= 4 is 17.5 Å². The van der Waals surface area contributed by atoms with Gasteiger partial charge in [-0.1, -0.05) is 60.1 Å². The van der Waals surface area contributed by atoms with Crippen molar-refractivity contribution in [1.29, 1.82) is 5.26 Å². The van der Waals surface area contributed by atoms with Gasteiger partial charge in [0, 0.05) is 36.1 Å². The van der Waals surface area contributed by atoms with Crippen LogP contribution in [0, 0.1) is 17.1 Å². The van der Waals surface area contributed by atoms with Crippen LogP contribution in [0.2, 0.25) is 5.02 Å². The lowest BCUT2D eigenvalue weighted by atomic mass is 10.0. The van der Waals surface area contributed by atoms with Crippen LogP contribution >= 0.6 is 11.6 Å². The standard InChI is InChI=1S/C21H19ClN2O2.C17H11FN2O2/c1-23-20(25)12-15-2-6-17(7-3-15)18-8-11-21(26)24(14-18)13-16-4-9-19(22)10-5-16;18-13-5-3-12(4-6-13)11-20-8-7-14(15(10-19)17(20)21)16-2-1-9-22-16/h2-11,14H,12-13H2,1H3,(H,23,25);1-9H,11H2. The number of carbonyl (C=O) groups is 1. The summed E-state index contributed by atoms with van der Waals surface area (Å²) < 4.78 is 21.3. The molecule has 6 aromatic rings. The number of amides is 1. The van der Waals surface area contributed by atoms with E-state index in [9.17, 15) is 24.0 Å². The Hall–Kier alpha value is -5.98. The zero-order valence-corrected chi connectivity index (χ0v) is 26.7. The Morgan fingerprint density at radius 2 is 1.46 bits per heavy atom. The zero-order chi connectivity index (χ0) is 34.0. The van der Waals surface area contributed by atoms with E-state index in [0.717, 1.165) is 27.8 Å². The summed E-state index contributed by atoms with van der Waals surface area (Å²) in [5.74, 6) is 0.124. The first-order chi connectivity index (χ1) is 23.2. The van der Waals surface area contributed by atoms with Crippen LogP contribution < -0.4 is 16.4 Å². The van der Waals surface area contributed by atoms with Gasteiger partial charge in [-0.3, -0.25) is 14.4 Å². The van der Waals surface area contributed by atoms with E-state index in [1.165, 1.54) is 23.0 Å². The minimum absolute atomic E-state index is 0.0192. The van der Waals surface area contributed by atoms with Crippen molar-refractivity contribution in [2.24, 2.45) is 0 Å². The van der Waals surface area contributed by atoms with Crippen LogP contribution in [-0.2, 0) is 24.3 Å². The highest BCUT2D eigenvalue weighted by atomic mass is 35.5. The summed E-state index contributed by atoms with van der Waals surface area (Å²) in [4.78, 5) is 36.0. The van der Waals surface area contributed by atoms with E-state index < -0.39 is 5.56 Å². The fourth-order valence-electron chi connectivity index (χ4n) is 4.93. The minimum atomic E-state index is -0.402. The monoisotopic (exact) mass is 660 g/mol. The topological polar surface area (TPSA) is 110 Å². The number of rotatable bonds is 8. The smallest absolute Gasteiger partial charge is 0.269 e. The molecule has 0 spiro atoms. The van der Waals surface area contributed by atoms with E-state index in [2.05, 4.69) is 5.32 Å². The Morgan fingerprint density at radius 3 is 2.08 bits per heavy atom. The lowest BCUT2D eigenvalue weighted by molar-refractivity contribution is -0.119. The molecule has 3 heterocycles. The average molecular weight is 661 g/mol.